The van der Waals surface area contributed by atoms with Crippen LogP contribution in [0.1, 0.15) is 0 Å². The second-order valence-electron chi connectivity index (χ2n) is 1.50. The van der Waals surface area contributed by atoms with Gasteiger partial charge >= 0.3 is 68.2 Å². The maximum absolute atomic E-state index is 4.89. The summed E-state index contributed by atoms with van der Waals surface area (Å²) in [5, 5.41) is 0. The molecular weight excluding hydrogens is 281 g/mol. The molecule has 0 aliphatic rings. The third-order valence-electron chi connectivity index (χ3n) is 0.894. The molecule has 44 valence electrons. The van der Waals surface area contributed by atoms with E-state index in [0.717, 1.165) is 30.0 Å². The molecule has 0 radical (unpaired) electrons. The van der Waals surface area contributed by atoms with Crippen molar-refractivity contribution in [3.63, 3.8) is 0 Å². The number of rotatable bonds is 2. The fourth-order valence-corrected chi connectivity index (χ4v) is 0.913. The normalized spacial score (nSPS) is 8.33. The average Bonchev–Trinajstić information content (AvgIpc) is 1.91. The number of hydrogen-bond donors (Lipinski definition) is 0. The minimum atomic E-state index is 0.727. The molecule has 1 rings (SSSR count). The predicted octanol–water partition coefficient (Wildman–Crippen LogP) is 1.71. The van der Waals surface area contributed by atoms with Gasteiger partial charge in [-0.3, -0.25) is 0 Å². The summed E-state index contributed by atoms with van der Waals surface area (Å²) in [6, 6.07) is 9.53. The van der Waals surface area contributed by atoms with Crippen LogP contribution in [0.5, 0.6) is 5.75 Å². The fraction of sp³-hybridized carbons (Fsp3) is 0. The van der Waals surface area contributed by atoms with Crippen molar-refractivity contribution in [1.82, 2.24) is 0 Å². The van der Waals surface area contributed by atoms with Gasteiger partial charge in [-0.05, 0) is 0 Å². The van der Waals surface area contributed by atoms with Gasteiger partial charge in [-0.1, -0.05) is 0 Å². The summed E-state index contributed by atoms with van der Waals surface area (Å²) >= 11 is 0.727. The van der Waals surface area contributed by atoms with Gasteiger partial charge in [0, 0.05) is 0 Å². The summed E-state index contributed by atoms with van der Waals surface area (Å²) in [4.78, 5) is 4.89. The van der Waals surface area contributed by atoms with E-state index in [-0.39, 0.29) is 0 Å². The van der Waals surface area contributed by atoms with Crippen LogP contribution in [0.4, 0.5) is 0 Å². The Labute approximate surface area is 68.3 Å². The van der Waals surface area contributed by atoms with E-state index in [4.69, 9.17) is 4.84 Å². The first-order chi connectivity index (χ1) is 4.43. The molecule has 0 bridgehead atoms. The summed E-state index contributed by atoms with van der Waals surface area (Å²) in [6.07, 6.45) is 0. The summed E-state index contributed by atoms with van der Waals surface area (Å²) in [6.45, 7) is 0. The Morgan fingerprint density at radius 2 is 1.89 bits per heavy atom. The van der Waals surface area contributed by atoms with Crippen molar-refractivity contribution >= 4 is 0 Å². The summed E-state index contributed by atoms with van der Waals surface area (Å²) < 4.78 is 3.64. The maximum atomic E-state index is 4.89. The Morgan fingerprint density at radius 3 is 2.44 bits per heavy atom. The van der Waals surface area contributed by atoms with Crippen molar-refractivity contribution < 1.29 is 29.0 Å². The Kier molecular flexibility index (Phi) is 2.77. The van der Waals surface area contributed by atoms with Crippen LogP contribution in [0.25, 0.3) is 0 Å². The van der Waals surface area contributed by atoms with E-state index in [2.05, 4.69) is 3.08 Å². The molecule has 0 saturated heterocycles. The summed E-state index contributed by atoms with van der Waals surface area (Å²) in [5.74, 6) is 0.813. The van der Waals surface area contributed by atoms with Crippen LogP contribution in [-0.2, 0) is 24.2 Å². The number of para-hydroxylation sites is 1. The Bertz CT molecular complexity index is 188. The molecule has 0 amide bonds. The van der Waals surface area contributed by atoms with Gasteiger partial charge in [0.25, 0.3) is 0 Å². The first-order valence-corrected chi connectivity index (χ1v) is 4.13. The Morgan fingerprint density at radius 1 is 1.22 bits per heavy atom. The van der Waals surface area contributed by atoms with Crippen LogP contribution >= 0.6 is 0 Å². The van der Waals surface area contributed by atoms with E-state index >= 15 is 0 Å². The van der Waals surface area contributed by atoms with E-state index in [0.29, 0.717) is 0 Å². The molecular formula is C6H5HfNO. The van der Waals surface area contributed by atoms with Crippen molar-refractivity contribution in [2.24, 2.45) is 3.08 Å². The first-order valence-electron chi connectivity index (χ1n) is 2.52. The van der Waals surface area contributed by atoms with Crippen molar-refractivity contribution in [3.8, 4) is 5.75 Å². The van der Waals surface area contributed by atoms with Gasteiger partial charge in [-0.2, -0.15) is 0 Å². The molecule has 3 heteroatoms. The Hall–Kier alpha value is -0.310. The molecule has 0 aliphatic carbocycles. The van der Waals surface area contributed by atoms with Crippen LogP contribution in [0, 0.1) is 0 Å². The number of nitrogens with zero attached hydrogens (tertiary/aromatic N) is 1. The van der Waals surface area contributed by atoms with Gasteiger partial charge in [0.1, 0.15) is 0 Å². The molecule has 0 atom stereocenters. The van der Waals surface area contributed by atoms with Crippen LogP contribution in [0.2, 0.25) is 0 Å². The third-order valence-corrected chi connectivity index (χ3v) is 1.22. The molecule has 2 nitrogen and oxygen atoms in total. The van der Waals surface area contributed by atoms with Gasteiger partial charge in [0.2, 0.25) is 0 Å². The molecule has 1 aromatic rings. The SMILES string of the molecule is [Hf]=[N]Oc1ccccc1. The van der Waals surface area contributed by atoms with E-state index < -0.39 is 0 Å². The van der Waals surface area contributed by atoms with E-state index in [1.807, 2.05) is 30.3 Å². The van der Waals surface area contributed by atoms with Gasteiger partial charge in [0.15, 0.2) is 0 Å². The number of benzene rings is 1. The molecule has 0 aliphatic heterocycles. The molecule has 0 N–H and O–H groups in total. The zero-order valence-corrected chi connectivity index (χ0v) is 8.33. The van der Waals surface area contributed by atoms with Crippen LogP contribution in [0.3, 0.4) is 0 Å². The minimum absolute atomic E-state index is 0.727. The number of hydrogen-bond acceptors (Lipinski definition) is 2. The van der Waals surface area contributed by atoms with Gasteiger partial charge in [0.05, 0.1) is 0 Å². The fourth-order valence-electron chi connectivity index (χ4n) is 0.534. The molecule has 9 heavy (non-hydrogen) atoms. The second kappa shape index (κ2) is 3.67. The molecule has 0 heterocycles. The van der Waals surface area contributed by atoms with Crippen LogP contribution < -0.4 is 4.84 Å². The van der Waals surface area contributed by atoms with Gasteiger partial charge in [-0.25, -0.2) is 0 Å². The molecule has 0 saturated carbocycles. The van der Waals surface area contributed by atoms with Crippen molar-refractivity contribution in [1.29, 1.82) is 0 Å². The van der Waals surface area contributed by atoms with E-state index in [1.165, 1.54) is 0 Å². The Balaban J connectivity index is 2.72. The van der Waals surface area contributed by atoms with E-state index in [9.17, 15) is 0 Å². The van der Waals surface area contributed by atoms with Crippen molar-refractivity contribution in [3.05, 3.63) is 30.3 Å². The van der Waals surface area contributed by atoms with Crippen molar-refractivity contribution in [2.45, 2.75) is 0 Å². The third kappa shape index (κ3) is 2.18. The van der Waals surface area contributed by atoms with Crippen LogP contribution in [-0.4, -0.2) is 0 Å². The topological polar surface area (TPSA) is 21.6 Å². The molecule has 0 aromatic heterocycles. The summed E-state index contributed by atoms with van der Waals surface area (Å²) in [7, 11) is 0. The average molecular weight is 286 g/mol. The standard InChI is InChI=1S/C6H5NO.Hf/c7-8-6-4-2-1-3-5-6;/h1-5H;. The zero-order valence-electron chi connectivity index (χ0n) is 4.74. The van der Waals surface area contributed by atoms with Gasteiger partial charge in [-0.15, -0.1) is 0 Å². The zero-order chi connectivity index (χ0) is 6.53. The quantitative estimate of drug-likeness (QED) is 0.599. The van der Waals surface area contributed by atoms with Gasteiger partial charge < -0.3 is 0 Å². The monoisotopic (exact) mass is 287 g/mol. The predicted molar refractivity (Wildman–Crippen MR) is 29.5 cm³/mol. The molecule has 0 spiro atoms. The van der Waals surface area contributed by atoms with Crippen molar-refractivity contribution in [2.75, 3.05) is 0 Å². The second-order valence-corrected chi connectivity index (χ2v) is 2.15. The van der Waals surface area contributed by atoms with E-state index in [1.54, 1.807) is 0 Å². The summed E-state index contributed by atoms with van der Waals surface area (Å²) in [5.41, 5.74) is 0. The first kappa shape index (κ1) is 6.81. The van der Waals surface area contributed by atoms with Crippen LogP contribution in [0.15, 0.2) is 33.4 Å². The molecule has 1 aromatic carbocycles. The molecule has 0 fully saturated rings. The molecule has 0 unspecified atom stereocenters.